The molecule has 4 nitrogen and oxygen atoms in total. The molecular formula is C15H26N4. The van der Waals surface area contributed by atoms with Crippen LogP contribution in [0.25, 0.3) is 0 Å². The van der Waals surface area contributed by atoms with Gasteiger partial charge in [0.25, 0.3) is 0 Å². The van der Waals surface area contributed by atoms with Crippen LogP contribution in [0.3, 0.4) is 0 Å². The third kappa shape index (κ3) is 4.16. The molecule has 0 amide bonds. The van der Waals surface area contributed by atoms with E-state index in [1.807, 2.05) is 7.05 Å². The van der Waals surface area contributed by atoms with E-state index in [1.54, 1.807) is 6.33 Å². The summed E-state index contributed by atoms with van der Waals surface area (Å²) in [7, 11) is 2.03. The number of nitrogens with zero attached hydrogens (tertiary/aromatic N) is 3. The molecule has 1 aliphatic heterocycles. The highest BCUT2D eigenvalue weighted by Crippen LogP contribution is 2.23. The molecule has 1 saturated heterocycles. The maximum absolute atomic E-state index is 4.43. The molecule has 19 heavy (non-hydrogen) atoms. The van der Waals surface area contributed by atoms with Crippen molar-refractivity contribution in [2.45, 2.75) is 39.0 Å². The van der Waals surface area contributed by atoms with Gasteiger partial charge in [-0.1, -0.05) is 13.3 Å². The highest BCUT2D eigenvalue weighted by molar-refractivity contribution is 5.39. The van der Waals surface area contributed by atoms with Crippen molar-refractivity contribution in [2.24, 2.45) is 5.92 Å². The maximum atomic E-state index is 4.43. The summed E-state index contributed by atoms with van der Waals surface area (Å²) in [4.78, 5) is 11.2. The van der Waals surface area contributed by atoms with Crippen molar-refractivity contribution >= 4 is 5.82 Å². The first-order valence-corrected chi connectivity index (χ1v) is 7.54. The third-order valence-electron chi connectivity index (χ3n) is 3.96. The number of rotatable bonds is 6. The van der Waals surface area contributed by atoms with Crippen molar-refractivity contribution in [1.29, 1.82) is 0 Å². The molecule has 0 saturated carbocycles. The lowest BCUT2D eigenvalue weighted by Gasteiger charge is -2.32. The van der Waals surface area contributed by atoms with Gasteiger partial charge in [0, 0.05) is 24.8 Å². The van der Waals surface area contributed by atoms with Crippen LogP contribution in [0.4, 0.5) is 5.82 Å². The molecule has 0 bridgehead atoms. The molecule has 1 aliphatic rings. The SMILES string of the molecule is CCCc1cc(N2CCC(CCNC)CC2)ncn1. The van der Waals surface area contributed by atoms with Crippen molar-refractivity contribution in [1.82, 2.24) is 15.3 Å². The molecule has 0 spiro atoms. The molecule has 2 rings (SSSR count). The van der Waals surface area contributed by atoms with Crippen molar-refractivity contribution in [3.8, 4) is 0 Å². The van der Waals surface area contributed by atoms with E-state index >= 15 is 0 Å². The van der Waals surface area contributed by atoms with Gasteiger partial charge in [-0.3, -0.25) is 0 Å². The van der Waals surface area contributed by atoms with Crippen LogP contribution in [0.15, 0.2) is 12.4 Å². The Morgan fingerprint density at radius 1 is 1.32 bits per heavy atom. The van der Waals surface area contributed by atoms with E-state index in [9.17, 15) is 0 Å². The summed E-state index contributed by atoms with van der Waals surface area (Å²) in [5.74, 6) is 1.99. The third-order valence-corrected chi connectivity index (χ3v) is 3.96. The second-order valence-corrected chi connectivity index (χ2v) is 5.44. The van der Waals surface area contributed by atoms with Crippen LogP contribution in [0.1, 0.15) is 38.3 Å². The Balaban J connectivity index is 1.88. The van der Waals surface area contributed by atoms with Crippen LogP contribution in [-0.2, 0) is 6.42 Å². The first kappa shape index (κ1) is 14.3. The van der Waals surface area contributed by atoms with Crippen molar-refractivity contribution in [2.75, 3.05) is 31.6 Å². The summed E-state index contributed by atoms with van der Waals surface area (Å²) in [6.45, 7) is 5.60. The van der Waals surface area contributed by atoms with E-state index in [0.717, 1.165) is 44.2 Å². The number of hydrogen-bond acceptors (Lipinski definition) is 4. The van der Waals surface area contributed by atoms with E-state index in [1.165, 1.54) is 25.0 Å². The molecule has 0 atom stereocenters. The lowest BCUT2D eigenvalue weighted by molar-refractivity contribution is 0.377. The zero-order valence-corrected chi connectivity index (χ0v) is 12.2. The van der Waals surface area contributed by atoms with Gasteiger partial charge in [0.1, 0.15) is 12.1 Å². The molecule has 1 aromatic heterocycles. The molecule has 2 heterocycles. The van der Waals surface area contributed by atoms with Crippen molar-refractivity contribution in [3.05, 3.63) is 18.1 Å². The monoisotopic (exact) mass is 262 g/mol. The van der Waals surface area contributed by atoms with Crippen LogP contribution in [-0.4, -0.2) is 36.6 Å². The Hall–Kier alpha value is -1.16. The molecule has 0 aliphatic carbocycles. The van der Waals surface area contributed by atoms with Gasteiger partial charge >= 0.3 is 0 Å². The van der Waals surface area contributed by atoms with Gasteiger partial charge in [-0.25, -0.2) is 9.97 Å². The Morgan fingerprint density at radius 2 is 2.11 bits per heavy atom. The van der Waals surface area contributed by atoms with Gasteiger partial charge in [0.05, 0.1) is 0 Å². The molecule has 1 N–H and O–H groups in total. The number of aryl methyl sites for hydroxylation is 1. The quantitative estimate of drug-likeness (QED) is 0.854. The standard InChI is InChI=1S/C15H26N4/c1-3-4-14-11-15(18-12-17-14)19-9-6-13(7-10-19)5-8-16-2/h11-13,16H,3-10H2,1-2H3. The van der Waals surface area contributed by atoms with Crippen molar-refractivity contribution < 1.29 is 0 Å². The maximum Gasteiger partial charge on any atom is 0.132 e. The summed E-state index contributed by atoms with van der Waals surface area (Å²) in [5, 5.41) is 3.25. The number of hydrogen-bond donors (Lipinski definition) is 1. The number of piperidine rings is 1. The second-order valence-electron chi connectivity index (χ2n) is 5.44. The van der Waals surface area contributed by atoms with E-state index < -0.39 is 0 Å². The molecular weight excluding hydrogens is 236 g/mol. The largest absolute Gasteiger partial charge is 0.356 e. The summed E-state index contributed by atoms with van der Waals surface area (Å²) < 4.78 is 0. The van der Waals surface area contributed by atoms with E-state index in [4.69, 9.17) is 0 Å². The first-order chi connectivity index (χ1) is 9.33. The minimum absolute atomic E-state index is 0.876. The predicted molar refractivity (Wildman–Crippen MR) is 79.5 cm³/mol. The van der Waals surface area contributed by atoms with Crippen LogP contribution in [0.5, 0.6) is 0 Å². The fourth-order valence-electron chi connectivity index (χ4n) is 2.75. The zero-order chi connectivity index (χ0) is 13.5. The average Bonchev–Trinajstić information content (AvgIpc) is 2.46. The van der Waals surface area contributed by atoms with Crippen LogP contribution in [0, 0.1) is 5.92 Å². The predicted octanol–water partition coefficient (Wildman–Crippen LogP) is 2.25. The van der Waals surface area contributed by atoms with Crippen LogP contribution >= 0.6 is 0 Å². The number of aromatic nitrogens is 2. The minimum Gasteiger partial charge on any atom is -0.356 e. The molecule has 0 radical (unpaired) electrons. The van der Waals surface area contributed by atoms with Gasteiger partial charge in [0.2, 0.25) is 0 Å². The lowest BCUT2D eigenvalue weighted by atomic mass is 9.93. The first-order valence-electron chi connectivity index (χ1n) is 7.54. The Bertz CT molecular complexity index is 372. The van der Waals surface area contributed by atoms with Gasteiger partial charge < -0.3 is 10.2 Å². The highest BCUT2D eigenvalue weighted by Gasteiger charge is 2.19. The second kappa shape index (κ2) is 7.43. The van der Waals surface area contributed by atoms with Crippen LogP contribution in [0.2, 0.25) is 0 Å². The van der Waals surface area contributed by atoms with Gasteiger partial charge in [-0.05, 0) is 45.2 Å². The van der Waals surface area contributed by atoms with Gasteiger partial charge in [0.15, 0.2) is 0 Å². The summed E-state index contributed by atoms with van der Waals surface area (Å²) in [5.41, 5.74) is 1.17. The minimum atomic E-state index is 0.876. The number of nitrogens with one attached hydrogen (secondary N) is 1. The number of anilines is 1. The van der Waals surface area contributed by atoms with E-state index in [-0.39, 0.29) is 0 Å². The van der Waals surface area contributed by atoms with Gasteiger partial charge in [-0.15, -0.1) is 0 Å². The average molecular weight is 262 g/mol. The summed E-state index contributed by atoms with van der Waals surface area (Å²) in [6, 6.07) is 2.16. The molecule has 0 unspecified atom stereocenters. The Labute approximate surface area is 116 Å². The topological polar surface area (TPSA) is 41.0 Å². The molecule has 1 fully saturated rings. The molecule has 106 valence electrons. The fraction of sp³-hybridized carbons (Fsp3) is 0.733. The van der Waals surface area contributed by atoms with Crippen molar-refractivity contribution in [3.63, 3.8) is 0 Å². The Kier molecular flexibility index (Phi) is 5.58. The van der Waals surface area contributed by atoms with Crippen LogP contribution < -0.4 is 10.2 Å². The van der Waals surface area contributed by atoms with E-state index in [0.29, 0.717) is 0 Å². The summed E-state index contributed by atoms with van der Waals surface area (Å²) >= 11 is 0. The fourth-order valence-corrected chi connectivity index (χ4v) is 2.75. The molecule has 1 aromatic rings. The molecule has 0 aromatic carbocycles. The zero-order valence-electron chi connectivity index (χ0n) is 12.2. The lowest BCUT2D eigenvalue weighted by Crippen LogP contribution is -2.35. The van der Waals surface area contributed by atoms with Gasteiger partial charge in [-0.2, -0.15) is 0 Å². The molecule has 4 heteroatoms. The van der Waals surface area contributed by atoms with E-state index in [2.05, 4.69) is 33.2 Å². The highest BCUT2D eigenvalue weighted by atomic mass is 15.2. The normalized spacial score (nSPS) is 16.8. The summed E-state index contributed by atoms with van der Waals surface area (Å²) in [6.07, 6.45) is 7.78. The smallest absolute Gasteiger partial charge is 0.132 e. The Morgan fingerprint density at radius 3 is 2.79 bits per heavy atom.